The molecule has 0 amide bonds. The molecular weight excluding hydrogens is 671 g/mol. The fraction of sp³-hybridized carbons (Fsp3) is 0.130. The molecule has 0 bridgehead atoms. The first kappa shape index (κ1) is 31.5. The molecule has 0 unspecified atom stereocenters. The highest BCUT2D eigenvalue weighted by molar-refractivity contribution is 7.25. The normalized spacial score (nSPS) is 13.1. The highest BCUT2D eigenvalue weighted by Gasteiger charge is 2.26. The minimum absolute atomic E-state index is 0.00865. The van der Waals surface area contributed by atoms with Gasteiger partial charge in [-0.3, -0.25) is 4.57 Å². The molecule has 0 atom stereocenters. The number of aromatic nitrogens is 3. The van der Waals surface area contributed by atoms with E-state index in [9.17, 15) is 0 Å². The van der Waals surface area contributed by atoms with Crippen molar-refractivity contribution in [3.63, 3.8) is 0 Å². The van der Waals surface area contributed by atoms with Crippen LogP contribution < -0.4 is 14.5 Å². The van der Waals surface area contributed by atoms with Crippen molar-refractivity contribution < 1.29 is 4.74 Å². The summed E-state index contributed by atoms with van der Waals surface area (Å²) in [5.41, 5.74) is 8.66. The van der Waals surface area contributed by atoms with Crippen LogP contribution >= 0.6 is 11.3 Å². The minimum Gasteiger partial charge on any atom is -0.439 e. The van der Waals surface area contributed by atoms with Crippen molar-refractivity contribution in [2.24, 2.45) is 0 Å². The van der Waals surface area contributed by atoms with Gasteiger partial charge >= 0.3 is 0 Å². The lowest BCUT2D eigenvalue weighted by molar-refractivity contribution is 0.464. The zero-order valence-corrected chi connectivity index (χ0v) is 30.9. The topological polar surface area (TPSA) is 46.4 Å². The van der Waals surface area contributed by atoms with Gasteiger partial charge < -0.3 is 14.5 Å². The van der Waals surface area contributed by atoms with E-state index in [1.807, 2.05) is 23.6 Å². The van der Waals surface area contributed by atoms with Crippen LogP contribution in [0, 0.1) is 0 Å². The van der Waals surface area contributed by atoms with E-state index in [1.165, 1.54) is 36.8 Å². The van der Waals surface area contributed by atoms with E-state index in [-0.39, 0.29) is 5.41 Å². The second kappa shape index (κ2) is 11.9. The largest absolute Gasteiger partial charge is 0.439 e. The monoisotopic (exact) mass is 707 g/mol. The van der Waals surface area contributed by atoms with Crippen molar-refractivity contribution >= 4 is 70.4 Å². The summed E-state index contributed by atoms with van der Waals surface area (Å²) in [4.78, 5) is 14.6. The fourth-order valence-electron chi connectivity index (χ4n) is 7.72. The van der Waals surface area contributed by atoms with Gasteiger partial charge in [0, 0.05) is 61.9 Å². The zero-order chi connectivity index (χ0) is 35.8. The first-order valence-electron chi connectivity index (χ1n) is 18.0. The number of nitrogens with zero attached hydrogens (tertiary/aromatic N) is 5. The van der Waals surface area contributed by atoms with Crippen molar-refractivity contribution in [2.45, 2.75) is 26.2 Å². The number of para-hydroxylation sites is 3. The third kappa shape index (κ3) is 5.30. The first-order valence-corrected chi connectivity index (χ1v) is 18.8. The van der Waals surface area contributed by atoms with Gasteiger partial charge in [-0.2, -0.15) is 0 Å². The molecule has 4 aromatic heterocycles. The molecule has 0 saturated carbocycles. The molecule has 5 aromatic carbocycles. The van der Waals surface area contributed by atoms with Gasteiger partial charge in [0.2, 0.25) is 5.88 Å². The summed E-state index contributed by atoms with van der Waals surface area (Å²) in [6, 6.07) is 47.2. The second-order valence-corrected chi connectivity index (χ2v) is 16.0. The van der Waals surface area contributed by atoms with Crippen LogP contribution in [0.4, 0.5) is 17.1 Å². The first-order chi connectivity index (χ1) is 25.8. The van der Waals surface area contributed by atoms with Crippen LogP contribution in [0.25, 0.3) is 59.1 Å². The van der Waals surface area contributed by atoms with Gasteiger partial charge in [0.25, 0.3) is 0 Å². The lowest BCUT2D eigenvalue weighted by Crippen LogP contribution is -2.24. The number of rotatable bonds is 5. The number of thiophene rings is 1. The van der Waals surface area contributed by atoms with E-state index in [4.69, 9.17) is 14.7 Å². The molecule has 0 radical (unpaired) electrons. The Bertz CT molecular complexity index is 2880. The van der Waals surface area contributed by atoms with Gasteiger partial charge in [-0.05, 0) is 71.6 Å². The zero-order valence-electron chi connectivity index (χ0n) is 30.0. The Kier molecular flexibility index (Phi) is 7.10. The SMILES string of the molecule is CN1CN(c2cc(Oc3ccc4c5ccccc5n(-c5cc(C(C)(C)C)ccn5)c4c3)nc(-c3ccc4c(c3)sc3ccccc34)c2)c2ccccc21. The molecule has 9 aromatic rings. The van der Waals surface area contributed by atoms with Crippen molar-refractivity contribution in [1.29, 1.82) is 0 Å². The van der Waals surface area contributed by atoms with Crippen LogP contribution in [0.3, 0.4) is 0 Å². The number of hydrogen-bond donors (Lipinski definition) is 0. The maximum Gasteiger partial charge on any atom is 0.221 e. The Morgan fingerprint density at radius 2 is 1.40 bits per heavy atom. The quantitative estimate of drug-likeness (QED) is 0.178. The Morgan fingerprint density at radius 3 is 2.26 bits per heavy atom. The predicted molar refractivity (Wildman–Crippen MR) is 222 cm³/mol. The number of pyridine rings is 2. The van der Waals surface area contributed by atoms with E-state index in [1.54, 1.807) is 0 Å². The van der Waals surface area contributed by atoms with Crippen molar-refractivity contribution in [3.05, 3.63) is 145 Å². The average Bonchev–Trinajstić information content (AvgIpc) is 3.83. The molecule has 7 heteroatoms. The van der Waals surface area contributed by atoms with E-state index in [0.29, 0.717) is 11.6 Å². The Hall–Kier alpha value is -6.18. The molecule has 5 heterocycles. The smallest absolute Gasteiger partial charge is 0.221 e. The molecule has 10 rings (SSSR count). The van der Waals surface area contributed by atoms with Gasteiger partial charge in [-0.1, -0.05) is 81.4 Å². The number of benzene rings is 5. The Labute approximate surface area is 312 Å². The average molecular weight is 708 g/mol. The lowest BCUT2D eigenvalue weighted by Gasteiger charge is -2.21. The molecule has 1 aliphatic heterocycles. The summed E-state index contributed by atoms with van der Waals surface area (Å²) in [6.07, 6.45) is 1.91. The molecule has 0 fully saturated rings. The Morgan fingerprint density at radius 1 is 0.660 bits per heavy atom. The maximum atomic E-state index is 6.78. The van der Waals surface area contributed by atoms with Crippen LogP contribution in [-0.2, 0) is 5.41 Å². The van der Waals surface area contributed by atoms with Gasteiger partial charge in [-0.15, -0.1) is 11.3 Å². The summed E-state index contributed by atoms with van der Waals surface area (Å²) < 4.78 is 11.6. The van der Waals surface area contributed by atoms with Gasteiger partial charge in [0.1, 0.15) is 11.6 Å². The predicted octanol–water partition coefficient (Wildman–Crippen LogP) is 12.2. The molecule has 258 valence electrons. The van der Waals surface area contributed by atoms with Crippen LogP contribution in [-0.4, -0.2) is 28.3 Å². The second-order valence-electron chi connectivity index (χ2n) is 14.9. The molecular formula is C46H37N5OS. The van der Waals surface area contributed by atoms with Crippen LogP contribution in [0.5, 0.6) is 11.6 Å². The molecule has 1 aliphatic rings. The summed E-state index contributed by atoms with van der Waals surface area (Å²) in [5, 5.41) is 4.87. The summed E-state index contributed by atoms with van der Waals surface area (Å²) in [6.45, 7) is 7.43. The third-order valence-corrected chi connectivity index (χ3v) is 11.6. The molecule has 0 spiro atoms. The number of ether oxygens (including phenoxy) is 1. The van der Waals surface area contributed by atoms with E-state index < -0.39 is 0 Å². The van der Waals surface area contributed by atoms with Gasteiger partial charge in [0.05, 0.1) is 40.5 Å². The summed E-state index contributed by atoms with van der Waals surface area (Å²) in [5.74, 6) is 2.13. The standard InChI is InChI=1S/C46H37N5OS/c1-46(2,3)30-21-22-47-44(24-30)51-38-13-7-5-11-33(38)34-20-18-32(27-41(34)51)52-45-26-31(50-28-49(4)39-14-8-9-15-40(39)50)25-37(48-45)29-17-19-36-35-12-6-10-16-42(35)53-43(36)23-29/h5-27H,28H2,1-4H3. The summed E-state index contributed by atoms with van der Waals surface area (Å²) in [7, 11) is 2.13. The van der Waals surface area contributed by atoms with Crippen molar-refractivity contribution in [1.82, 2.24) is 14.5 Å². The minimum atomic E-state index is -0.00865. The number of hydrogen-bond acceptors (Lipinski definition) is 6. The van der Waals surface area contributed by atoms with Crippen molar-refractivity contribution in [2.75, 3.05) is 23.5 Å². The molecule has 53 heavy (non-hydrogen) atoms. The highest BCUT2D eigenvalue weighted by Crippen LogP contribution is 2.43. The number of fused-ring (bicyclic) bond motifs is 7. The maximum absolute atomic E-state index is 6.78. The van der Waals surface area contributed by atoms with Crippen molar-refractivity contribution in [3.8, 4) is 28.7 Å². The molecule has 0 saturated heterocycles. The highest BCUT2D eigenvalue weighted by atomic mass is 32.1. The fourth-order valence-corrected chi connectivity index (χ4v) is 8.87. The van der Waals surface area contributed by atoms with E-state index >= 15 is 0 Å². The molecule has 6 nitrogen and oxygen atoms in total. The van der Waals surface area contributed by atoms with Crippen LogP contribution in [0.1, 0.15) is 26.3 Å². The van der Waals surface area contributed by atoms with Crippen LogP contribution in [0.15, 0.2) is 140 Å². The third-order valence-electron chi connectivity index (χ3n) is 10.4. The van der Waals surface area contributed by atoms with Gasteiger partial charge in [-0.25, -0.2) is 9.97 Å². The summed E-state index contributed by atoms with van der Waals surface area (Å²) >= 11 is 1.82. The van der Waals surface area contributed by atoms with Crippen LogP contribution in [0.2, 0.25) is 0 Å². The number of anilines is 3. The Balaban J connectivity index is 1.12. The van der Waals surface area contributed by atoms with E-state index in [0.717, 1.165) is 51.5 Å². The lowest BCUT2D eigenvalue weighted by atomic mass is 9.88. The van der Waals surface area contributed by atoms with Gasteiger partial charge in [0.15, 0.2) is 0 Å². The van der Waals surface area contributed by atoms with E-state index in [2.05, 4.69) is 170 Å². The molecule has 0 N–H and O–H groups in total. The molecule has 0 aliphatic carbocycles.